The molecule has 80 valence electrons. The lowest BCUT2D eigenvalue weighted by Crippen LogP contribution is -2.12. The quantitative estimate of drug-likeness (QED) is 0.831. The molecule has 1 N–H and O–H groups in total. The Labute approximate surface area is 94.1 Å². The summed E-state index contributed by atoms with van der Waals surface area (Å²) in [7, 11) is 0. The highest BCUT2D eigenvalue weighted by Crippen LogP contribution is 2.08. The van der Waals surface area contributed by atoms with E-state index in [9.17, 15) is 4.79 Å². The van der Waals surface area contributed by atoms with Crippen molar-refractivity contribution in [1.82, 2.24) is 4.98 Å². The average molecular weight is 212 g/mol. The molecule has 0 fully saturated rings. The number of aryl methyl sites for hydroxylation is 1. The van der Waals surface area contributed by atoms with E-state index in [0.717, 1.165) is 11.3 Å². The number of anilines is 1. The Bertz CT molecular complexity index is 494. The molecule has 2 aromatic rings. The number of para-hydroxylation sites is 1. The second kappa shape index (κ2) is 4.57. The Morgan fingerprint density at radius 3 is 2.62 bits per heavy atom. The molecule has 1 heterocycles. The molecule has 1 aromatic heterocycles. The van der Waals surface area contributed by atoms with Crippen LogP contribution in [0.4, 0.5) is 5.69 Å². The van der Waals surface area contributed by atoms with E-state index in [1.54, 1.807) is 12.4 Å². The highest BCUT2D eigenvalue weighted by Gasteiger charge is 2.05. The SMILES string of the molecule is Cc1cncc(C(=O)Nc2ccccc2)c1. The molecular weight excluding hydrogens is 200 g/mol. The zero-order valence-electron chi connectivity index (χ0n) is 8.97. The van der Waals surface area contributed by atoms with Gasteiger partial charge in [-0.15, -0.1) is 0 Å². The molecule has 0 atom stereocenters. The van der Waals surface area contributed by atoms with Crippen molar-refractivity contribution in [3.8, 4) is 0 Å². The Kier molecular flexibility index (Phi) is 2.96. The lowest BCUT2D eigenvalue weighted by atomic mass is 10.2. The second-order valence-corrected chi connectivity index (χ2v) is 3.57. The summed E-state index contributed by atoms with van der Waals surface area (Å²) < 4.78 is 0. The lowest BCUT2D eigenvalue weighted by molar-refractivity contribution is 0.102. The monoisotopic (exact) mass is 212 g/mol. The highest BCUT2D eigenvalue weighted by atomic mass is 16.1. The number of carbonyl (C=O) groups is 1. The third-order valence-electron chi connectivity index (χ3n) is 2.17. The molecule has 3 heteroatoms. The normalized spacial score (nSPS) is 9.81. The molecule has 0 saturated carbocycles. The molecular formula is C13H12N2O. The molecule has 0 unspecified atom stereocenters. The van der Waals surface area contributed by atoms with E-state index >= 15 is 0 Å². The molecule has 0 aliphatic rings. The van der Waals surface area contributed by atoms with Gasteiger partial charge in [-0.2, -0.15) is 0 Å². The Balaban J connectivity index is 2.15. The van der Waals surface area contributed by atoms with Crippen LogP contribution >= 0.6 is 0 Å². The first-order valence-corrected chi connectivity index (χ1v) is 5.04. The van der Waals surface area contributed by atoms with Gasteiger partial charge in [0.05, 0.1) is 5.56 Å². The van der Waals surface area contributed by atoms with Gasteiger partial charge >= 0.3 is 0 Å². The van der Waals surface area contributed by atoms with Crippen LogP contribution in [0.15, 0.2) is 48.8 Å². The minimum absolute atomic E-state index is 0.137. The van der Waals surface area contributed by atoms with E-state index in [2.05, 4.69) is 10.3 Å². The number of benzene rings is 1. The second-order valence-electron chi connectivity index (χ2n) is 3.57. The third-order valence-corrected chi connectivity index (χ3v) is 2.17. The van der Waals surface area contributed by atoms with Crippen LogP contribution in [-0.4, -0.2) is 10.9 Å². The lowest BCUT2D eigenvalue weighted by Gasteiger charge is -2.04. The third kappa shape index (κ3) is 2.45. The van der Waals surface area contributed by atoms with Gasteiger partial charge in [-0.3, -0.25) is 9.78 Å². The maximum Gasteiger partial charge on any atom is 0.257 e. The molecule has 0 aliphatic carbocycles. The van der Waals surface area contributed by atoms with Gasteiger partial charge in [0, 0.05) is 18.1 Å². The maximum absolute atomic E-state index is 11.8. The van der Waals surface area contributed by atoms with Crippen molar-refractivity contribution in [2.75, 3.05) is 5.32 Å². The van der Waals surface area contributed by atoms with Gasteiger partial charge in [0.1, 0.15) is 0 Å². The molecule has 16 heavy (non-hydrogen) atoms. The standard InChI is InChI=1S/C13H12N2O/c1-10-7-11(9-14-8-10)13(16)15-12-5-3-2-4-6-12/h2-9H,1H3,(H,15,16). The van der Waals surface area contributed by atoms with Crippen molar-refractivity contribution < 1.29 is 4.79 Å². The summed E-state index contributed by atoms with van der Waals surface area (Å²) in [5, 5.41) is 2.81. The van der Waals surface area contributed by atoms with E-state index in [0.29, 0.717) is 5.56 Å². The number of amides is 1. The van der Waals surface area contributed by atoms with Crippen molar-refractivity contribution in [3.05, 3.63) is 59.9 Å². The molecule has 0 saturated heterocycles. The van der Waals surface area contributed by atoms with E-state index in [1.165, 1.54) is 0 Å². The van der Waals surface area contributed by atoms with Crippen LogP contribution in [0, 0.1) is 6.92 Å². The Hall–Kier alpha value is -2.16. The first-order valence-electron chi connectivity index (χ1n) is 5.04. The number of nitrogens with one attached hydrogen (secondary N) is 1. The fraction of sp³-hybridized carbons (Fsp3) is 0.0769. The fourth-order valence-electron chi connectivity index (χ4n) is 1.40. The maximum atomic E-state index is 11.8. The first-order chi connectivity index (χ1) is 7.75. The molecule has 0 aliphatic heterocycles. The Morgan fingerprint density at radius 2 is 1.94 bits per heavy atom. The van der Waals surface area contributed by atoms with E-state index in [1.807, 2.05) is 43.3 Å². The zero-order valence-corrected chi connectivity index (χ0v) is 8.97. The van der Waals surface area contributed by atoms with E-state index in [-0.39, 0.29) is 5.91 Å². The topological polar surface area (TPSA) is 42.0 Å². The number of hydrogen-bond donors (Lipinski definition) is 1. The number of aromatic nitrogens is 1. The predicted octanol–water partition coefficient (Wildman–Crippen LogP) is 2.64. The molecule has 2 rings (SSSR count). The van der Waals surface area contributed by atoms with Crippen LogP contribution in [0.3, 0.4) is 0 Å². The number of rotatable bonds is 2. The minimum atomic E-state index is -0.137. The smallest absolute Gasteiger partial charge is 0.257 e. The highest BCUT2D eigenvalue weighted by molar-refractivity contribution is 6.04. The van der Waals surface area contributed by atoms with E-state index < -0.39 is 0 Å². The first kappa shape index (κ1) is 10.4. The molecule has 3 nitrogen and oxygen atoms in total. The van der Waals surface area contributed by atoms with Crippen LogP contribution in [-0.2, 0) is 0 Å². The molecule has 1 amide bonds. The van der Waals surface area contributed by atoms with Gasteiger partial charge in [-0.05, 0) is 30.7 Å². The summed E-state index contributed by atoms with van der Waals surface area (Å²) in [5.74, 6) is -0.137. The van der Waals surface area contributed by atoms with Gasteiger partial charge in [-0.1, -0.05) is 18.2 Å². The van der Waals surface area contributed by atoms with Crippen LogP contribution in [0.1, 0.15) is 15.9 Å². The zero-order chi connectivity index (χ0) is 11.4. The largest absolute Gasteiger partial charge is 0.322 e. The number of hydrogen-bond acceptors (Lipinski definition) is 2. The summed E-state index contributed by atoms with van der Waals surface area (Å²) in [6, 6.07) is 11.2. The van der Waals surface area contributed by atoms with Crippen LogP contribution in [0.2, 0.25) is 0 Å². The van der Waals surface area contributed by atoms with Gasteiger partial charge in [-0.25, -0.2) is 0 Å². The summed E-state index contributed by atoms with van der Waals surface area (Å²) in [4.78, 5) is 15.8. The fourth-order valence-corrected chi connectivity index (χ4v) is 1.40. The molecule has 0 spiro atoms. The number of nitrogens with zero attached hydrogens (tertiary/aromatic N) is 1. The van der Waals surface area contributed by atoms with Gasteiger partial charge in [0.15, 0.2) is 0 Å². The summed E-state index contributed by atoms with van der Waals surface area (Å²) >= 11 is 0. The van der Waals surface area contributed by atoms with Crippen molar-refractivity contribution in [2.24, 2.45) is 0 Å². The molecule has 0 radical (unpaired) electrons. The molecule has 0 bridgehead atoms. The van der Waals surface area contributed by atoms with Crippen LogP contribution in [0.5, 0.6) is 0 Å². The average Bonchev–Trinajstić information content (AvgIpc) is 2.30. The summed E-state index contributed by atoms with van der Waals surface area (Å²) in [6.07, 6.45) is 3.28. The summed E-state index contributed by atoms with van der Waals surface area (Å²) in [6.45, 7) is 1.91. The van der Waals surface area contributed by atoms with Crippen molar-refractivity contribution in [2.45, 2.75) is 6.92 Å². The number of carbonyl (C=O) groups excluding carboxylic acids is 1. The Morgan fingerprint density at radius 1 is 1.19 bits per heavy atom. The van der Waals surface area contributed by atoms with Crippen molar-refractivity contribution in [1.29, 1.82) is 0 Å². The van der Waals surface area contributed by atoms with Gasteiger partial charge in [0.2, 0.25) is 0 Å². The minimum Gasteiger partial charge on any atom is -0.322 e. The van der Waals surface area contributed by atoms with Crippen molar-refractivity contribution >= 4 is 11.6 Å². The summed E-state index contributed by atoms with van der Waals surface area (Å²) in [5.41, 5.74) is 2.33. The number of pyridine rings is 1. The van der Waals surface area contributed by atoms with Crippen LogP contribution < -0.4 is 5.32 Å². The molecule has 1 aromatic carbocycles. The predicted molar refractivity (Wildman–Crippen MR) is 63.4 cm³/mol. The van der Waals surface area contributed by atoms with E-state index in [4.69, 9.17) is 0 Å². The van der Waals surface area contributed by atoms with Gasteiger partial charge in [0.25, 0.3) is 5.91 Å². The van der Waals surface area contributed by atoms with Crippen LogP contribution in [0.25, 0.3) is 0 Å². The van der Waals surface area contributed by atoms with Gasteiger partial charge < -0.3 is 5.32 Å². The van der Waals surface area contributed by atoms with Crippen molar-refractivity contribution in [3.63, 3.8) is 0 Å².